The van der Waals surface area contributed by atoms with Crippen LogP contribution in [0.2, 0.25) is 0 Å². The van der Waals surface area contributed by atoms with Gasteiger partial charge < -0.3 is 14.2 Å². The van der Waals surface area contributed by atoms with Gasteiger partial charge in [0.15, 0.2) is 0 Å². The van der Waals surface area contributed by atoms with Gasteiger partial charge >= 0.3 is 18.0 Å². The van der Waals surface area contributed by atoms with E-state index >= 15 is 0 Å². The van der Waals surface area contributed by atoms with Gasteiger partial charge in [0.05, 0.1) is 11.2 Å². The summed E-state index contributed by atoms with van der Waals surface area (Å²) >= 11 is 4.13. The lowest BCUT2D eigenvalue weighted by molar-refractivity contribution is -0.158. The van der Waals surface area contributed by atoms with E-state index in [-0.39, 0.29) is 42.6 Å². The van der Waals surface area contributed by atoms with Crippen molar-refractivity contribution in [3.63, 3.8) is 0 Å². The van der Waals surface area contributed by atoms with Gasteiger partial charge in [-0.25, -0.2) is 4.79 Å². The molecule has 0 spiro atoms. The van der Waals surface area contributed by atoms with E-state index in [2.05, 4.69) is 17.9 Å². The monoisotopic (exact) mass is 492 g/mol. The summed E-state index contributed by atoms with van der Waals surface area (Å²) in [6.07, 6.45) is 1.92. The van der Waals surface area contributed by atoms with Crippen LogP contribution in [0.4, 0.5) is 10.5 Å². The molecule has 1 aromatic rings. The largest absolute Gasteiger partial charge is 0.461 e. The van der Waals surface area contributed by atoms with Gasteiger partial charge in [-0.15, -0.1) is 0 Å². The lowest BCUT2D eigenvalue weighted by Crippen LogP contribution is -2.37. The molecule has 1 saturated heterocycles. The zero-order chi connectivity index (χ0) is 24.7. The summed E-state index contributed by atoms with van der Waals surface area (Å²) in [5.41, 5.74) is 1.24. The molecule has 0 bridgehead atoms. The van der Waals surface area contributed by atoms with Crippen LogP contribution in [0, 0.1) is 11.8 Å². The average Bonchev–Trinajstić information content (AvgIpc) is 3.05. The number of nitrogens with zero attached hydrogens (tertiary/aromatic N) is 1. The quantitative estimate of drug-likeness (QED) is 0.245. The molecule has 2 fully saturated rings. The van der Waals surface area contributed by atoms with E-state index in [9.17, 15) is 24.0 Å². The second kappa shape index (κ2) is 11.9. The Morgan fingerprint density at radius 2 is 1.71 bits per heavy atom. The third-order valence-corrected chi connectivity index (χ3v) is 6.28. The minimum absolute atomic E-state index is 0.137. The molecule has 2 aliphatic rings. The number of esters is 2. The van der Waals surface area contributed by atoms with Crippen LogP contribution in [0.3, 0.4) is 0 Å². The molecule has 1 aliphatic heterocycles. The highest BCUT2D eigenvalue weighted by atomic mass is 32.1. The SMILES string of the molecule is CC(=O)OCc1ccc(NC(=O)OCOC(=O)C2CCC(CN3C(=O)CC(S)C3=O)CC2)cc1. The van der Waals surface area contributed by atoms with Gasteiger partial charge in [0, 0.05) is 25.6 Å². The fourth-order valence-corrected chi connectivity index (χ4v) is 4.27. The Morgan fingerprint density at radius 1 is 1.03 bits per heavy atom. The maximum Gasteiger partial charge on any atom is 0.414 e. The Labute approximate surface area is 202 Å². The standard InChI is InChI=1S/C23H28N2O8S/c1-14(26)31-12-16-4-8-18(9-5-16)24-23(30)33-13-32-22(29)17-6-2-15(3-7-17)11-25-20(27)10-19(34)21(25)28/h4-5,8-9,15,17,19,34H,2-3,6-7,10-13H2,1H3,(H,24,30). The number of carbonyl (C=O) groups excluding carboxylic acids is 5. The summed E-state index contributed by atoms with van der Waals surface area (Å²) in [4.78, 5) is 60.2. The summed E-state index contributed by atoms with van der Waals surface area (Å²) < 4.78 is 14.9. The van der Waals surface area contributed by atoms with Crippen LogP contribution in [-0.2, 0) is 40.0 Å². The van der Waals surface area contributed by atoms with Crippen molar-refractivity contribution in [1.82, 2.24) is 4.90 Å². The van der Waals surface area contributed by atoms with E-state index in [1.807, 2.05) is 0 Å². The Balaban J connectivity index is 1.32. The lowest BCUT2D eigenvalue weighted by Gasteiger charge is -2.29. The summed E-state index contributed by atoms with van der Waals surface area (Å²) in [7, 11) is 0. The second-order valence-electron chi connectivity index (χ2n) is 8.40. The van der Waals surface area contributed by atoms with Crippen molar-refractivity contribution in [2.24, 2.45) is 11.8 Å². The van der Waals surface area contributed by atoms with Crippen molar-refractivity contribution in [1.29, 1.82) is 0 Å². The number of likely N-dealkylation sites (tertiary alicyclic amines) is 1. The fraction of sp³-hybridized carbons (Fsp3) is 0.522. The van der Waals surface area contributed by atoms with Crippen LogP contribution in [0.5, 0.6) is 0 Å². The Bertz CT molecular complexity index is 927. The molecule has 11 heteroatoms. The van der Waals surface area contributed by atoms with E-state index in [1.54, 1.807) is 24.3 Å². The highest BCUT2D eigenvalue weighted by Gasteiger charge is 2.38. The first kappa shape index (κ1) is 25.5. The normalized spacial score (nSPS) is 22.3. The second-order valence-corrected chi connectivity index (χ2v) is 9.02. The Morgan fingerprint density at radius 3 is 2.29 bits per heavy atom. The van der Waals surface area contributed by atoms with Crippen molar-refractivity contribution < 1.29 is 38.2 Å². The molecule has 3 amide bonds. The van der Waals surface area contributed by atoms with Crippen LogP contribution in [0.1, 0.15) is 44.6 Å². The van der Waals surface area contributed by atoms with Crippen LogP contribution in [0.15, 0.2) is 24.3 Å². The molecule has 1 N–H and O–H groups in total. The molecule has 1 aliphatic carbocycles. The van der Waals surface area contributed by atoms with Gasteiger partial charge in [0.2, 0.25) is 18.6 Å². The Hall–Kier alpha value is -3.08. The maximum absolute atomic E-state index is 12.3. The average molecular weight is 493 g/mol. The number of ether oxygens (including phenoxy) is 3. The van der Waals surface area contributed by atoms with E-state index in [0.29, 0.717) is 37.9 Å². The van der Waals surface area contributed by atoms with Gasteiger partial charge in [0.1, 0.15) is 6.61 Å². The predicted molar refractivity (Wildman–Crippen MR) is 123 cm³/mol. The molecule has 1 saturated carbocycles. The van der Waals surface area contributed by atoms with Gasteiger partial charge in [-0.3, -0.25) is 29.4 Å². The van der Waals surface area contributed by atoms with Crippen molar-refractivity contribution in [3.8, 4) is 0 Å². The zero-order valence-electron chi connectivity index (χ0n) is 18.9. The number of rotatable bonds is 8. The first-order valence-corrected chi connectivity index (χ1v) is 11.6. The molecule has 34 heavy (non-hydrogen) atoms. The van der Waals surface area contributed by atoms with Gasteiger partial charge in [-0.2, -0.15) is 12.6 Å². The number of anilines is 1. The summed E-state index contributed by atoms with van der Waals surface area (Å²) in [5.74, 6) is -1.42. The molecule has 0 aromatic heterocycles. The van der Waals surface area contributed by atoms with Crippen LogP contribution in [-0.4, -0.2) is 53.3 Å². The maximum atomic E-state index is 12.3. The predicted octanol–water partition coefficient (Wildman–Crippen LogP) is 2.66. The lowest BCUT2D eigenvalue weighted by atomic mass is 9.82. The van der Waals surface area contributed by atoms with Gasteiger partial charge in [-0.05, 0) is 49.3 Å². The number of hydrogen-bond donors (Lipinski definition) is 2. The number of benzene rings is 1. The third kappa shape index (κ3) is 7.21. The van der Waals surface area contributed by atoms with Gasteiger partial charge in [0.25, 0.3) is 0 Å². The first-order valence-electron chi connectivity index (χ1n) is 11.1. The number of hydrogen-bond acceptors (Lipinski definition) is 9. The topological polar surface area (TPSA) is 128 Å². The molecule has 1 aromatic carbocycles. The minimum Gasteiger partial charge on any atom is -0.461 e. The van der Waals surface area contributed by atoms with Gasteiger partial charge in [-0.1, -0.05) is 12.1 Å². The molecule has 1 heterocycles. The van der Waals surface area contributed by atoms with E-state index < -0.39 is 24.1 Å². The highest BCUT2D eigenvalue weighted by Crippen LogP contribution is 2.31. The fourth-order valence-electron chi connectivity index (χ4n) is 3.98. The number of thiol groups is 1. The van der Waals surface area contributed by atoms with Crippen molar-refractivity contribution in [3.05, 3.63) is 29.8 Å². The highest BCUT2D eigenvalue weighted by molar-refractivity contribution is 7.81. The summed E-state index contributed by atoms with van der Waals surface area (Å²) in [5, 5.41) is 1.96. The van der Waals surface area contributed by atoms with E-state index in [0.717, 1.165) is 5.56 Å². The van der Waals surface area contributed by atoms with Crippen LogP contribution < -0.4 is 5.32 Å². The molecule has 0 radical (unpaired) electrons. The molecule has 1 unspecified atom stereocenters. The Kier molecular flexibility index (Phi) is 8.91. The molecular formula is C23H28N2O8S. The molecular weight excluding hydrogens is 464 g/mol. The molecule has 3 rings (SSSR count). The zero-order valence-corrected chi connectivity index (χ0v) is 19.8. The number of amides is 3. The minimum atomic E-state index is -0.772. The van der Waals surface area contributed by atoms with Crippen molar-refractivity contribution in [2.75, 3.05) is 18.7 Å². The van der Waals surface area contributed by atoms with E-state index in [1.165, 1.54) is 11.8 Å². The number of imide groups is 1. The molecule has 10 nitrogen and oxygen atoms in total. The third-order valence-electron chi connectivity index (χ3n) is 5.87. The van der Waals surface area contributed by atoms with Crippen molar-refractivity contribution in [2.45, 2.75) is 50.9 Å². The summed E-state index contributed by atoms with van der Waals surface area (Å²) in [6.45, 7) is 1.33. The van der Waals surface area contributed by atoms with Crippen molar-refractivity contribution >= 4 is 48.2 Å². The van der Waals surface area contributed by atoms with Crippen LogP contribution in [0.25, 0.3) is 0 Å². The smallest absolute Gasteiger partial charge is 0.414 e. The van der Waals surface area contributed by atoms with Crippen LogP contribution >= 0.6 is 12.6 Å². The first-order chi connectivity index (χ1) is 16.2. The summed E-state index contributed by atoms with van der Waals surface area (Å²) in [6, 6.07) is 6.65. The molecule has 1 atom stereocenters. The number of nitrogens with one attached hydrogen (secondary N) is 1. The van der Waals surface area contributed by atoms with E-state index in [4.69, 9.17) is 14.2 Å². The molecule has 184 valence electrons. The number of carbonyl (C=O) groups is 5.